The number of carbonyl (C=O) groups is 1. The molecule has 6 heteroatoms. The van der Waals surface area contributed by atoms with Gasteiger partial charge >= 0.3 is 0 Å². The average molecular weight is 357 g/mol. The third-order valence-electron chi connectivity index (χ3n) is 3.90. The SMILES string of the molecule is CN(C)C(=O)C1CCC(Oc2cc(=O)n(C)cc2Br)CC1. The van der Waals surface area contributed by atoms with Gasteiger partial charge in [-0.25, -0.2) is 0 Å². The molecule has 1 aliphatic rings. The van der Waals surface area contributed by atoms with Crippen LogP contribution in [0.5, 0.6) is 5.75 Å². The van der Waals surface area contributed by atoms with Crippen molar-refractivity contribution in [1.29, 1.82) is 0 Å². The van der Waals surface area contributed by atoms with E-state index in [1.807, 2.05) is 0 Å². The molecule has 1 aliphatic carbocycles. The van der Waals surface area contributed by atoms with E-state index in [4.69, 9.17) is 4.74 Å². The zero-order valence-corrected chi connectivity index (χ0v) is 14.2. The molecule has 0 unspecified atom stereocenters. The van der Waals surface area contributed by atoms with E-state index in [9.17, 15) is 9.59 Å². The Morgan fingerprint density at radius 3 is 2.52 bits per heavy atom. The van der Waals surface area contributed by atoms with Crippen molar-refractivity contribution in [2.75, 3.05) is 14.1 Å². The molecule has 0 radical (unpaired) electrons. The number of aryl methyl sites for hydroxylation is 1. The second-order valence-corrected chi connectivity index (χ2v) is 6.61. The predicted molar refractivity (Wildman–Crippen MR) is 84.5 cm³/mol. The lowest BCUT2D eigenvalue weighted by Gasteiger charge is -2.30. The van der Waals surface area contributed by atoms with Crippen LogP contribution >= 0.6 is 15.9 Å². The second-order valence-electron chi connectivity index (χ2n) is 5.76. The Labute approximate surface area is 133 Å². The lowest BCUT2D eigenvalue weighted by molar-refractivity contribution is -0.134. The lowest BCUT2D eigenvalue weighted by atomic mass is 9.86. The second kappa shape index (κ2) is 6.64. The number of hydrogen-bond donors (Lipinski definition) is 0. The molecule has 0 saturated heterocycles. The third-order valence-corrected chi connectivity index (χ3v) is 4.50. The van der Waals surface area contributed by atoms with Crippen LogP contribution in [0.2, 0.25) is 0 Å². The summed E-state index contributed by atoms with van der Waals surface area (Å²) in [6, 6.07) is 1.50. The highest BCUT2D eigenvalue weighted by Crippen LogP contribution is 2.30. The number of carbonyl (C=O) groups excluding carboxylic acids is 1. The third kappa shape index (κ3) is 3.87. The number of pyridine rings is 1. The van der Waals surface area contributed by atoms with E-state index in [2.05, 4.69) is 15.9 Å². The number of ether oxygens (including phenoxy) is 1. The lowest BCUT2D eigenvalue weighted by Crippen LogP contribution is -2.34. The Balaban J connectivity index is 1.97. The maximum atomic E-state index is 11.9. The van der Waals surface area contributed by atoms with Gasteiger partial charge in [-0.1, -0.05) is 0 Å². The fourth-order valence-electron chi connectivity index (χ4n) is 2.64. The first kappa shape index (κ1) is 16.1. The van der Waals surface area contributed by atoms with Gasteiger partial charge in [-0.05, 0) is 41.6 Å². The molecule has 21 heavy (non-hydrogen) atoms. The zero-order valence-electron chi connectivity index (χ0n) is 12.6. The van der Waals surface area contributed by atoms with Crippen molar-refractivity contribution in [3.63, 3.8) is 0 Å². The molecule has 1 heterocycles. The number of aromatic nitrogens is 1. The summed E-state index contributed by atoms with van der Waals surface area (Å²) >= 11 is 3.42. The Morgan fingerprint density at radius 1 is 1.33 bits per heavy atom. The standard InChI is InChI=1S/C15H21BrN2O3/c1-17(2)15(20)10-4-6-11(7-5-10)21-13-8-14(19)18(3)9-12(13)16/h8-11H,4-7H2,1-3H3. The fraction of sp³-hybridized carbons (Fsp3) is 0.600. The molecule has 0 N–H and O–H groups in total. The van der Waals surface area contributed by atoms with Crippen LogP contribution in [0.1, 0.15) is 25.7 Å². The van der Waals surface area contributed by atoms with E-state index >= 15 is 0 Å². The minimum Gasteiger partial charge on any atom is -0.489 e. The fourth-order valence-corrected chi connectivity index (χ4v) is 3.16. The zero-order chi connectivity index (χ0) is 15.6. The molecule has 1 aromatic heterocycles. The molecule has 1 amide bonds. The molecule has 0 bridgehead atoms. The van der Waals surface area contributed by atoms with Crippen LogP contribution in [-0.2, 0) is 11.8 Å². The minimum absolute atomic E-state index is 0.0691. The topological polar surface area (TPSA) is 51.5 Å². The molecule has 5 nitrogen and oxygen atoms in total. The van der Waals surface area contributed by atoms with Crippen LogP contribution < -0.4 is 10.3 Å². The minimum atomic E-state index is -0.0929. The Morgan fingerprint density at radius 2 is 1.95 bits per heavy atom. The van der Waals surface area contributed by atoms with E-state index in [0.29, 0.717) is 5.75 Å². The first-order chi connectivity index (χ1) is 9.88. The Kier molecular flexibility index (Phi) is 5.08. The molecule has 0 spiro atoms. The van der Waals surface area contributed by atoms with Gasteiger partial charge in [0.1, 0.15) is 5.75 Å². The van der Waals surface area contributed by atoms with Gasteiger partial charge in [0.25, 0.3) is 5.56 Å². The summed E-state index contributed by atoms with van der Waals surface area (Å²) in [6.45, 7) is 0. The van der Waals surface area contributed by atoms with Gasteiger partial charge in [0, 0.05) is 39.3 Å². The number of rotatable bonds is 3. The highest BCUT2D eigenvalue weighted by molar-refractivity contribution is 9.10. The van der Waals surface area contributed by atoms with Crippen molar-refractivity contribution in [2.45, 2.75) is 31.8 Å². The van der Waals surface area contributed by atoms with Crippen LogP contribution in [0.15, 0.2) is 21.5 Å². The van der Waals surface area contributed by atoms with E-state index in [1.165, 1.54) is 10.6 Å². The summed E-state index contributed by atoms with van der Waals surface area (Å²) in [6.07, 6.45) is 5.13. The van der Waals surface area contributed by atoms with E-state index < -0.39 is 0 Å². The largest absolute Gasteiger partial charge is 0.489 e. The van der Waals surface area contributed by atoms with Gasteiger partial charge in [0.2, 0.25) is 5.91 Å². The van der Waals surface area contributed by atoms with Crippen molar-refractivity contribution >= 4 is 21.8 Å². The summed E-state index contributed by atoms with van der Waals surface area (Å²) < 4.78 is 8.20. The van der Waals surface area contributed by atoms with Crippen LogP contribution in [0.25, 0.3) is 0 Å². The van der Waals surface area contributed by atoms with Crippen LogP contribution in [0, 0.1) is 5.92 Å². The quantitative estimate of drug-likeness (QED) is 0.833. The van der Waals surface area contributed by atoms with Gasteiger partial charge in [0.15, 0.2) is 0 Å². The summed E-state index contributed by atoms with van der Waals surface area (Å²) in [4.78, 5) is 25.3. The molecule has 1 saturated carbocycles. The summed E-state index contributed by atoms with van der Waals surface area (Å²) in [5, 5.41) is 0. The summed E-state index contributed by atoms with van der Waals surface area (Å²) in [7, 11) is 5.29. The van der Waals surface area contributed by atoms with Crippen molar-refractivity contribution in [2.24, 2.45) is 13.0 Å². The number of amides is 1. The highest BCUT2D eigenvalue weighted by Gasteiger charge is 2.28. The normalized spacial score (nSPS) is 21.9. The van der Waals surface area contributed by atoms with Crippen LogP contribution in [0.4, 0.5) is 0 Å². The van der Waals surface area contributed by atoms with Crippen LogP contribution in [0.3, 0.4) is 0 Å². The molecular weight excluding hydrogens is 336 g/mol. The molecule has 2 rings (SSSR count). The molecule has 116 valence electrons. The molecule has 0 atom stereocenters. The van der Waals surface area contributed by atoms with Gasteiger partial charge in [-0.2, -0.15) is 0 Å². The molecule has 1 aromatic rings. The summed E-state index contributed by atoms with van der Waals surface area (Å²) in [5.41, 5.74) is -0.0929. The number of hydrogen-bond acceptors (Lipinski definition) is 3. The van der Waals surface area contributed by atoms with Crippen molar-refractivity contribution in [1.82, 2.24) is 9.47 Å². The van der Waals surface area contributed by atoms with Gasteiger partial charge in [-0.15, -0.1) is 0 Å². The van der Waals surface area contributed by atoms with E-state index in [1.54, 1.807) is 32.2 Å². The van der Waals surface area contributed by atoms with Crippen molar-refractivity contribution < 1.29 is 9.53 Å². The number of halogens is 1. The average Bonchev–Trinajstić information content (AvgIpc) is 2.44. The number of nitrogens with zero attached hydrogens (tertiary/aromatic N) is 2. The first-order valence-electron chi connectivity index (χ1n) is 7.12. The Hall–Kier alpha value is -1.30. The first-order valence-corrected chi connectivity index (χ1v) is 7.91. The Bertz CT molecular complexity index is 575. The molecular formula is C15H21BrN2O3. The van der Waals surface area contributed by atoms with E-state index in [-0.39, 0.29) is 23.5 Å². The van der Waals surface area contributed by atoms with Crippen molar-refractivity contribution in [3.05, 3.63) is 27.1 Å². The predicted octanol–water partition coefficient (Wildman–Crippen LogP) is 2.17. The van der Waals surface area contributed by atoms with Gasteiger partial charge < -0.3 is 14.2 Å². The summed E-state index contributed by atoms with van der Waals surface area (Å²) in [5.74, 6) is 0.885. The van der Waals surface area contributed by atoms with Crippen LogP contribution in [-0.4, -0.2) is 35.6 Å². The molecule has 0 aromatic carbocycles. The maximum Gasteiger partial charge on any atom is 0.254 e. The monoisotopic (exact) mass is 356 g/mol. The van der Waals surface area contributed by atoms with Crippen molar-refractivity contribution in [3.8, 4) is 5.75 Å². The van der Waals surface area contributed by atoms with Gasteiger partial charge in [0.05, 0.1) is 10.6 Å². The molecule has 1 fully saturated rings. The smallest absolute Gasteiger partial charge is 0.254 e. The van der Waals surface area contributed by atoms with Gasteiger partial charge in [-0.3, -0.25) is 9.59 Å². The maximum absolute atomic E-state index is 11.9. The highest BCUT2D eigenvalue weighted by atomic mass is 79.9. The molecule has 0 aliphatic heterocycles. The van der Waals surface area contributed by atoms with E-state index in [0.717, 1.165) is 30.2 Å².